The predicted molar refractivity (Wildman–Crippen MR) is 92.6 cm³/mol. The lowest BCUT2D eigenvalue weighted by atomic mass is 10.2. The van der Waals surface area contributed by atoms with Crippen molar-refractivity contribution in [2.24, 2.45) is 0 Å². The zero-order chi connectivity index (χ0) is 15.2. The molecule has 4 nitrogen and oxygen atoms in total. The fraction of sp³-hybridized carbons (Fsp3) is 0.333. The van der Waals surface area contributed by atoms with Gasteiger partial charge in [-0.3, -0.25) is 0 Å². The molecule has 0 saturated carbocycles. The van der Waals surface area contributed by atoms with E-state index < -0.39 is 0 Å². The molecular formula is C15H18BrClN4. The first-order valence-corrected chi connectivity index (χ1v) is 8.12. The number of nitrogens with one attached hydrogen (secondary N) is 2. The van der Waals surface area contributed by atoms with Crippen LogP contribution in [0.5, 0.6) is 0 Å². The van der Waals surface area contributed by atoms with Gasteiger partial charge >= 0.3 is 0 Å². The van der Waals surface area contributed by atoms with E-state index in [4.69, 9.17) is 11.6 Å². The Bertz CT molecular complexity index is 619. The van der Waals surface area contributed by atoms with Crippen LogP contribution in [0.4, 0.5) is 17.3 Å². The average molecular weight is 370 g/mol. The van der Waals surface area contributed by atoms with Gasteiger partial charge in [-0.15, -0.1) is 0 Å². The molecule has 2 aromatic rings. The minimum absolute atomic E-state index is 0.684. The molecule has 0 aliphatic heterocycles. The van der Waals surface area contributed by atoms with Crippen molar-refractivity contribution in [3.63, 3.8) is 0 Å². The minimum atomic E-state index is 0.684. The summed E-state index contributed by atoms with van der Waals surface area (Å²) < 4.78 is 0.852. The van der Waals surface area contributed by atoms with Gasteiger partial charge in [-0.05, 0) is 47.0 Å². The monoisotopic (exact) mass is 368 g/mol. The van der Waals surface area contributed by atoms with E-state index in [2.05, 4.69) is 50.4 Å². The van der Waals surface area contributed by atoms with E-state index >= 15 is 0 Å². The van der Waals surface area contributed by atoms with Crippen LogP contribution in [0.3, 0.4) is 0 Å². The van der Waals surface area contributed by atoms with E-state index in [9.17, 15) is 0 Å². The minimum Gasteiger partial charge on any atom is -0.370 e. The molecule has 0 aliphatic carbocycles. The van der Waals surface area contributed by atoms with Gasteiger partial charge < -0.3 is 10.6 Å². The third-order valence-corrected chi connectivity index (χ3v) is 4.24. The van der Waals surface area contributed by atoms with E-state index in [1.807, 2.05) is 18.2 Å². The van der Waals surface area contributed by atoms with Crippen molar-refractivity contribution in [1.29, 1.82) is 0 Å². The summed E-state index contributed by atoms with van der Waals surface area (Å²) in [5.41, 5.74) is 2.01. The van der Waals surface area contributed by atoms with Crippen molar-refractivity contribution in [1.82, 2.24) is 9.97 Å². The molecule has 0 spiro atoms. The zero-order valence-electron chi connectivity index (χ0n) is 12.1. The largest absolute Gasteiger partial charge is 0.370 e. The van der Waals surface area contributed by atoms with Gasteiger partial charge in [0.15, 0.2) is 0 Å². The highest BCUT2D eigenvalue weighted by Crippen LogP contribution is 2.29. The van der Waals surface area contributed by atoms with Gasteiger partial charge in [0.1, 0.15) is 18.0 Å². The van der Waals surface area contributed by atoms with Gasteiger partial charge in [-0.2, -0.15) is 0 Å². The lowest BCUT2D eigenvalue weighted by Crippen LogP contribution is -2.08. The summed E-state index contributed by atoms with van der Waals surface area (Å²) in [6.45, 7) is 5.12. The Kier molecular flexibility index (Phi) is 5.82. The van der Waals surface area contributed by atoms with Crippen LogP contribution in [0.1, 0.15) is 25.8 Å². The molecule has 21 heavy (non-hydrogen) atoms. The summed E-state index contributed by atoms with van der Waals surface area (Å²) in [5.74, 6) is 1.71. The quantitative estimate of drug-likeness (QED) is 0.750. The Morgan fingerprint density at radius 2 is 1.95 bits per heavy atom. The van der Waals surface area contributed by atoms with Crippen LogP contribution in [0.2, 0.25) is 5.02 Å². The van der Waals surface area contributed by atoms with Crippen LogP contribution in [-0.2, 0) is 6.42 Å². The van der Waals surface area contributed by atoms with Crippen LogP contribution in [0, 0.1) is 0 Å². The number of hydrogen-bond acceptors (Lipinski definition) is 4. The van der Waals surface area contributed by atoms with Gasteiger partial charge in [-0.1, -0.05) is 25.4 Å². The van der Waals surface area contributed by atoms with E-state index in [1.165, 1.54) is 0 Å². The number of halogens is 2. The van der Waals surface area contributed by atoms with Gasteiger partial charge in [0.25, 0.3) is 0 Å². The summed E-state index contributed by atoms with van der Waals surface area (Å²) >= 11 is 9.44. The molecule has 0 amide bonds. The summed E-state index contributed by atoms with van der Waals surface area (Å²) in [7, 11) is 0. The number of rotatable bonds is 6. The predicted octanol–water partition coefficient (Wildman–Crippen LogP) is 5.02. The van der Waals surface area contributed by atoms with Crippen LogP contribution in [-0.4, -0.2) is 16.5 Å². The third kappa shape index (κ3) is 4.08. The summed E-state index contributed by atoms with van der Waals surface area (Å²) in [6, 6.07) is 5.70. The summed E-state index contributed by atoms with van der Waals surface area (Å²) in [4.78, 5) is 8.68. The highest BCUT2D eigenvalue weighted by Gasteiger charge is 2.10. The number of aromatic nitrogens is 2. The maximum atomic E-state index is 6.01. The normalized spacial score (nSPS) is 10.5. The highest BCUT2D eigenvalue weighted by atomic mass is 79.9. The number of benzene rings is 1. The SMILES string of the molecule is CCCNc1ncnc(Nc2ccc(Cl)c(Br)c2)c1CC. The molecule has 0 unspecified atom stereocenters. The Morgan fingerprint density at radius 1 is 1.19 bits per heavy atom. The first-order chi connectivity index (χ1) is 10.2. The van der Waals surface area contributed by atoms with Crippen LogP contribution in [0.25, 0.3) is 0 Å². The molecule has 0 fully saturated rings. The Balaban J connectivity index is 2.28. The number of anilines is 3. The molecular weight excluding hydrogens is 352 g/mol. The zero-order valence-corrected chi connectivity index (χ0v) is 14.4. The smallest absolute Gasteiger partial charge is 0.139 e. The third-order valence-electron chi connectivity index (χ3n) is 3.02. The maximum absolute atomic E-state index is 6.01. The Morgan fingerprint density at radius 3 is 2.62 bits per heavy atom. The summed E-state index contributed by atoms with van der Waals surface area (Å²) in [5, 5.41) is 7.35. The standard InChI is InChI=1S/C15H18BrClN4/c1-3-7-18-14-11(4-2)15(20-9-19-14)21-10-5-6-13(17)12(16)8-10/h5-6,8-9H,3-4,7H2,1-2H3,(H2,18,19,20,21). The summed E-state index contributed by atoms with van der Waals surface area (Å²) in [6.07, 6.45) is 3.48. The highest BCUT2D eigenvalue weighted by molar-refractivity contribution is 9.10. The molecule has 0 atom stereocenters. The van der Waals surface area contributed by atoms with Gasteiger partial charge in [0, 0.05) is 22.3 Å². The van der Waals surface area contributed by atoms with E-state index in [-0.39, 0.29) is 0 Å². The van der Waals surface area contributed by atoms with Crippen molar-refractivity contribution in [3.8, 4) is 0 Å². The second-order valence-electron chi connectivity index (χ2n) is 4.58. The molecule has 0 saturated heterocycles. The maximum Gasteiger partial charge on any atom is 0.139 e. The molecule has 1 aromatic carbocycles. The Labute approximate surface area is 138 Å². The van der Waals surface area contributed by atoms with Crippen LogP contribution >= 0.6 is 27.5 Å². The molecule has 0 radical (unpaired) electrons. The molecule has 1 aromatic heterocycles. The van der Waals surface area contributed by atoms with Gasteiger partial charge in [0.05, 0.1) is 5.02 Å². The van der Waals surface area contributed by atoms with E-state index in [1.54, 1.807) is 6.33 Å². The molecule has 2 rings (SSSR count). The fourth-order valence-corrected chi connectivity index (χ4v) is 2.46. The molecule has 112 valence electrons. The fourth-order valence-electron chi connectivity index (χ4n) is 1.96. The molecule has 1 heterocycles. The van der Waals surface area contributed by atoms with Crippen molar-refractivity contribution in [2.45, 2.75) is 26.7 Å². The van der Waals surface area contributed by atoms with Gasteiger partial charge in [0.2, 0.25) is 0 Å². The topological polar surface area (TPSA) is 49.8 Å². The lowest BCUT2D eigenvalue weighted by Gasteiger charge is -2.14. The molecule has 0 aliphatic rings. The van der Waals surface area contributed by atoms with E-state index in [0.29, 0.717) is 5.02 Å². The van der Waals surface area contributed by atoms with Crippen molar-refractivity contribution in [3.05, 3.63) is 39.6 Å². The lowest BCUT2D eigenvalue weighted by molar-refractivity contribution is 0.949. The first-order valence-electron chi connectivity index (χ1n) is 6.95. The average Bonchev–Trinajstić information content (AvgIpc) is 2.49. The van der Waals surface area contributed by atoms with Crippen molar-refractivity contribution in [2.75, 3.05) is 17.2 Å². The first kappa shape index (κ1) is 16.0. The van der Waals surface area contributed by atoms with E-state index in [0.717, 1.165) is 46.7 Å². The van der Waals surface area contributed by atoms with Crippen molar-refractivity contribution < 1.29 is 0 Å². The second kappa shape index (κ2) is 7.61. The van der Waals surface area contributed by atoms with Gasteiger partial charge in [-0.25, -0.2) is 9.97 Å². The van der Waals surface area contributed by atoms with Crippen LogP contribution in [0.15, 0.2) is 29.0 Å². The van der Waals surface area contributed by atoms with Crippen molar-refractivity contribution >= 4 is 44.9 Å². The number of hydrogen-bond donors (Lipinski definition) is 2. The molecule has 6 heteroatoms. The Hall–Kier alpha value is -1.33. The molecule has 0 bridgehead atoms. The number of nitrogens with zero attached hydrogens (tertiary/aromatic N) is 2. The van der Waals surface area contributed by atoms with Crippen LogP contribution < -0.4 is 10.6 Å². The second-order valence-corrected chi connectivity index (χ2v) is 5.85. The molecule has 2 N–H and O–H groups in total.